The van der Waals surface area contributed by atoms with Crippen molar-refractivity contribution < 1.29 is 9.59 Å². The van der Waals surface area contributed by atoms with E-state index in [1.165, 1.54) is 5.56 Å². The van der Waals surface area contributed by atoms with E-state index in [9.17, 15) is 9.59 Å². The molecular weight excluding hydrogens is 240 g/mol. The SMILES string of the molecule is CC1(C)CCC(=O)CN1C(=O)CCCc1cc[nH]c1. The summed E-state index contributed by atoms with van der Waals surface area (Å²) in [6, 6.07) is 2.03. The lowest BCUT2D eigenvalue weighted by Gasteiger charge is -2.41. The summed E-state index contributed by atoms with van der Waals surface area (Å²) in [5, 5.41) is 0. The highest BCUT2D eigenvalue weighted by atomic mass is 16.2. The maximum absolute atomic E-state index is 12.3. The second kappa shape index (κ2) is 5.59. The van der Waals surface area contributed by atoms with E-state index < -0.39 is 0 Å². The number of ketones is 1. The number of carbonyl (C=O) groups is 2. The van der Waals surface area contributed by atoms with Crippen molar-refractivity contribution >= 4 is 11.7 Å². The van der Waals surface area contributed by atoms with Crippen LogP contribution in [0.2, 0.25) is 0 Å². The van der Waals surface area contributed by atoms with Crippen LogP contribution in [-0.2, 0) is 16.0 Å². The Morgan fingerprint density at radius 1 is 1.47 bits per heavy atom. The number of aryl methyl sites for hydroxylation is 1. The molecule has 1 aromatic heterocycles. The molecule has 0 atom stereocenters. The van der Waals surface area contributed by atoms with Gasteiger partial charge in [0.15, 0.2) is 5.78 Å². The Kier molecular flexibility index (Phi) is 4.08. The van der Waals surface area contributed by atoms with Gasteiger partial charge in [-0.2, -0.15) is 0 Å². The van der Waals surface area contributed by atoms with E-state index in [4.69, 9.17) is 0 Å². The predicted octanol–water partition coefficient (Wildman–Crippen LogP) is 2.31. The molecule has 1 amide bonds. The molecule has 1 N–H and O–H groups in total. The van der Waals surface area contributed by atoms with Gasteiger partial charge in [-0.3, -0.25) is 9.59 Å². The number of likely N-dealkylation sites (tertiary alicyclic amines) is 1. The molecule has 104 valence electrons. The maximum atomic E-state index is 12.3. The molecule has 2 rings (SSSR count). The number of aromatic nitrogens is 1. The van der Waals surface area contributed by atoms with E-state index in [0.717, 1.165) is 19.3 Å². The van der Waals surface area contributed by atoms with Gasteiger partial charge in [0.25, 0.3) is 0 Å². The smallest absolute Gasteiger partial charge is 0.223 e. The number of H-pyrrole nitrogens is 1. The normalized spacial score (nSPS) is 18.6. The number of piperidine rings is 1. The third kappa shape index (κ3) is 3.46. The monoisotopic (exact) mass is 262 g/mol. The van der Waals surface area contributed by atoms with Gasteiger partial charge in [-0.05, 0) is 44.7 Å². The van der Waals surface area contributed by atoms with E-state index in [1.807, 2.05) is 32.3 Å². The zero-order valence-corrected chi connectivity index (χ0v) is 11.7. The zero-order chi connectivity index (χ0) is 13.9. The third-order valence-corrected chi connectivity index (χ3v) is 3.90. The first-order valence-electron chi connectivity index (χ1n) is 6.93. The van der Waals surface area contributed by atoms with Gasteiger partial charge >= 0.3 is 0 Å². The molecule has 0 unspecified atom stereocenters. The van der Waals surface area contributed by atoms with Gasteiger partial charge in [0, 0.05) is 30.8 Å². The summed E-state index contributed by atoms with van der Waals surface area (Å²) in [6.07, 6.45) is 7.47. The van der Waals surface area contributed by atoms with Crippen molar-refractivity contribution in [3.63, 3.8) is 0 Å². The van der Waals surface area contributed by atoms with Crippen molar-refractivity contribution in [3.05, 3.63) is 24.0 Å². The highest BCUT2D eigenvalue weighted by Gasteiger charge is 2.35. The quantitative estimate of drug-likeness (QED) is 0.905. The molecule has 0 aliphatic carbocycles. The summed E-state index contributed by atoms with van der Waals surface area (Å²) in [6.45, 7) is 4.38. The van der Waals surface area contributed by atoms with Gasteiger partial charge in [0.2, 0.25) is 5.91 Å². The van der Waals surface area contributed by atoms with E-state index >= 15 is 0 Å². The lowest BCUT2D eigenvalue weighted by molar-refractivity contribution is -0.144. The van der Waals surface area contributed by atoms with Crippen LogP contribution in [0.1, 0.15) is 45.1 Å². The number of rotatable bonds is 4. The highest BCUT2D eigenvalue weighted by molar-refractivity contribution is 5.88. The third-order valence-electron chi connectivity index (χ3n) is 3.90. The summed E-state index contributed by atoms with van der Waals surface area (Å²) in [4.78, 5) is 28.6. The molecule has 0 aromatic carbocycles. The fourth-order valence-electron chi connectivity index (χ4n) is 2.57. The topological polar surface area (TPSA) is 53.2 Å². The van der Waals surface area contributed by atoms with Crippen LogP contribution in [0.15, 0.2) is 18.5 Å². The Morgan fingerprint density at radius 2 is 2.26 bits per heavy atom. The Morgan fingerprint density at radius 3 is 2.95 bits per heavy atom. The first-order valence-corrected chi connectivity index (χ1v) is 6.93. The lowest BCUT2D eigenvalue weighted by atomic mass is 9.89. The number of Topliss-reactive ketones (excluding diaryl/α,β-unsaturated/α-hetero) is 1. The number of aromatic amines is 1. The van der Waals surface area contributed by atoms with Gasteiger partial charge in [-0.15, -0.1) is 0 Å². The molecule has 0 saturated carbocycles. The van der Waals surface area contributed by atoms with Crippen molar-refractivity contribution in [1.82, 2.24) is 9.88 Å². The van der Waals surface area contributed by atoms with Gasteiger partial charge < -0.3 is 9.88 Å². The number of nitrogens with zero attached hydrogens (tertiary/aromatic N) is 1. The first-order chi connectivity index (χ1) is 8.99. The fraction of sp³-hybridized carbons (Fsp3) is 0.600. The van der Waals surface area contributed by atoms with Crippen LogP contribution in [0.3, 0.4) is 0 Å². The van der Waals surface area contributed by atoms with E-state index in [1.54, 1.807) is 4.90 Å². The Labute approximate surface area is 114 Å². The summed E-state index contributed by atoms with van der Waals surface area (Å²) in [5.41, 5.74) is 1.04. The van der Waals surface area contributed by atoms with Crippen LogP contribution in [0, 0.1) is 0 Å². The molecule has 4 heteroatoms. The summed E-state index contributed by atoms with van der Waals surface area (Å²) >= 11 is 0. The first kappa shape index (κ1) is 13.8. The molecule has 19 heavy (non-hydrogen) atoms. The molecule has 0 radical (unpaired) electrons. The number of carbonyl (C=O) groups excluding carboxylic acids is 2. The Hall–Kier alpha value is -1.58. The van der Waals surface area contributed by atoms with Crippen LogP contribution in [0.4, 0.5) is 0 Å². The summed E-state index contributed by atoms with van der Waals surface area (Å²) < 4.78 is 0. The van der Waals surface area contributed by atoms with E-state index in [2.05, 4.69) is 4.98 Å². The van der Waals surface area contributed by atoms with Crippen molar-refractivity contribution in [2.75, 3.05) is 6.54 Å². The molecular formula is C15H22N2O2. The standard InChI is InChI=1S/C15H22N2O2/c1-15(2)8-6-13(18)11-17(15)14(19)5-3-4-12-7-9-16-10-12/h7,9-10,16H,3-6,8,11H2,1-2H3. The van der Waals surface area contributed by atoms with Crippen molar-refractivity contribution in [3.8, 4) is 0 Å². The summed E-state index contributed by atoms with van der Waals surface area (Å²) in [7, 11) is 0. The van der Waals surface area contributed by atoms with Gasteiger partial charge in [0.05, 0.1) is 6.54 Å². The minimum Gasteiger partial charge on any atom is -0.367 e. The molecule has 1 saturated heterocycles. The largest absolute Gasteiger partial charge is 0.367 e. The van der Waals surface area contributed by atoms with Crippen molar-refractivity contribution in [2.45, 2.75) is 51.5 Å². The zero-order valence-electron chi connectivity index (χ0n) is 11.7. The minimum absolute atomic E-state index is 0.105. The number of hydrogen-bond acceptors (Lipinski definition) is 2. The second-order valence-electron chi connectivity index (χ2n) is 5.90. The van der Waals surface area contributed by atoms with Crippen LogP contribution in [0.25, 0.3) is 0 Å². The Bertz CT molecular complexity index is 449. The van der Waals surface area contributed by atoms with Crippen LogP contribution in [-0.4, -0.2) is 33.7 Å². The number of nitrogens with one attached hydrogen (secondary N) is 1. The molecule has 1 aromatic rings. The molecule has 4 nitrogen and oxygen atoms in total. The molecule has 1 fully saturated rings. The molecule has 0 bridgehead atoms. The van der Waals surface area contributed by atoms with Crippen LogP contribution in [0.5, 0.6) is 0 Å². The number of amides is 1. The minimum atomic E-state index is -0.181. The van der Waals surface area contributed by atoms with Gasteiger partial charge in [-0.1, -0.05) is 0 Å². The van der Waals surface area contributed by atoms with Crippen molar-refractivity contribution in [2.24, 2.45) is 0 Å². The van der Waals surface area contributed by atoms with E-state index in [0.29, 0.717) is 12.8 Å². The maximum Gasteiger partial charge on any atom is 0.223 e. The molecule has 1 aliphatic heterocycles. The van der Waals surface area contributed by atoms with Crippen LogP contribution >= 0.6 is 0 Å². The predicted molar refractivity (Wildman–Crippen MR) is 73.8 cm³/mol. The fourth-order valence-corrected chi connectivity index (χ4v) is 2.57. The second-order valence-corrected chi connectivity index (χ2v) is 5.90. The summed E-state index contributed by atoms with van der Waals surface area (Å²) in [5.74, 6) is 0.284. The van der Waals surface area contributed by atoms with Crippen LogP contribution < -0.4 is 0 Å². The lowest BCUT2D eigenvalue weighted by Crippen LogP contribution is -2.53. The molecule has 0 spiro atoms. The Balaban J connectivity index is 1.86. The average molecular weight is 262 g/mol. The average Bonchev–Trinajstić information content (AvgIpc) is 2.85. The molecule has 1 aliphatic rings. The van der Waals surface area contributed by atoms with E-state index in [-0.39, 0.29) is 23.8 Å². The van der Waals surface area contributed by atoms with Crippen molar-refractivity contribution in [1.29, 1.82) is 0 Å². The number of hydrogen-bond donors (Lipinski definition) is 1. The molecule has 2 heterocycles. The highest BCUT2D eigenvalue weighted by Crippen LogP contribution is 2.26. The van der Waals surface area contributed by atoms with Gasteiger partial charge in [0.1, 0.15) is 0 Å². The van der Waals surface area contributed by atoms with Gasteiger partial charge in [-0.25, -0.2) is 0 Å².